The number of rotatable bonds is 6. The van der Waals surface area contributed by atoms with Crippen molar-refractivity contribution < 1.29 is 38.4 Å². The summed E-state index contributed by atoms with van der Waals surface area (Å²) in [5.74, 6) is -0.639. The first-order chi connectivity index (χ1) is 18.4. The van der Waals surface area contributed by atoms with Crippen LogP contribution in [0.2, 0.25) is 0 Å². The smallest absolute Gasteiger partial charge is 0.334 e. The van der Waals surface area contributed by atoms with E-state index in [0.29, 0.717) is 26.1 Å². The van der Waals surface area contributed by atoms with Crippen LogP contribution in [-0.4, -0.2) is 72.4 Å². The predicted octanol–water partition coefficient (Wildman–Crippen LogP) is 2.81. The van der Waals surface area contributed by atoms with Gasteiger partial charge in [-0.15, -0.1) is 0 Å². The van der Waals surface area contributed by atoms with Gasteiger partial charge in [0, 0.05) is 30.4 Å². The van der Waals surface area contributed by atoms with Crippen LogP contribution in [0.1, 0.15) is 52.5 Å². The van der Waals surface area contributed by atoms with Gasteiger partial charge in [-0.2, -0.15) is 0 Å². The van der Waals surface area contributed by atoms with Crippen LogP contribution in [0.3, 0.4) is 0 Å². The molecule has 8 unspecified atom stereocenters. The molecule has 0 aromatic heterocycles. The van der Waals surface area contributed by atoms with Crippen molar-refractivity contribution in [3.8, 4) is 5.75 Å². The van der Waals surface area contributed by atoms with E-state index in [1.165, 1.54) is 0 Å². The first-order valence-corrected chi connectivity index (χ1v) is 13.9. The third kappa shape index (κ3) is 3.46. The lowest BCUT2D eigenvalue weighted by molar-refractivity contribution is -0.295. The predicted molar refractivity (Wildman–Crippen MR) is 140 cm³/mol. The first-order valence-electron chi connectivity index (χ1n) is 13.9. The fourth-order valence-corrected chi connectivity index (χ4v) is 8.42. The first kappa shape index (κ1) is 26.7. The van der Waals surface area contributed by atoms with E-state index in [9.17, 15) is 14.7 Å². The van der Waals surface area contributed by atoms with Crippen molar-refractivity contribution in [1.82, 2.24) is 0 Å². The number of hydrogen-bond acceptors (Lipinski definition) is 9. The number of hydrogen-bond donors (Lipinski definition) is 2. The molecule has 1 aromatic carbocycles. The molecule has 5 aliphatic rings. The van der Waals surface area contributed by atoms with Crippen LogP contribution >= 0.6 is 0 Å². The van der Waals surface area contributed by atoms with Crippen LogP contribution in [-0.2, 0) is 39.7 Å². The summed E-state index contributed by atoms with van der Waals surface area (Å²) in [6.07, 6.45) is 1.29. The Bertz CT molecular complexity index is 1230. The molecule has 0 bridgehead atoms. The number of methoxy groups -OCH3 is 1. The van der Waals surface area contributed by atoms with E-state index in [1.807, 2.05) is 6.92 Å². The Morgan fingerprint density at radius 3 is 2.62 bits per heavy atom. The number of phenolic OH excluding ortho intramolecular Hbond substituents is 1. The van der Waals surface area contributed by atoms with Gasteiger partial charge in [0.1, 0.15) is 35.2 Å². The van der Waals surface area contributed by atoms with Crippen molar-refractivity contribution in [3.63, 3.8) is 0 Å². The van der Waals surface area contributed by atoms with Crippen LogP contribution < -0.4 is 5.73 Å². The maximum absolute atomic E-state index is 13.6. The molecule has 2 aliphatic carbocycles. The molecule has 9 nitrogen and oxygen atoms in total. The normalized spacial score (nSPS) is 41.2. The van der Waals surface area contributed by atoms with Crippen LogP contribution in [0, 0.1) is 17.3 Å². The second-order valence-corrected chi connectivity index (χ2v) is 12.6. The molecule has 212 valence electrons. The Hall–Kier alpha value is -2.46. The molecule has 3 aliphatic heterocycles. The second-order valence-electron chi connectivity index (χ2n) is 12.6. The summed E-state index contributed by atoms with van der Waals surface area (Å²) in [5, 5.41) is 9.60. The molecule has 6 rings (SSSR count). The number of benzene rings is 1. The summed E-state index contributed by atoms with van der Waals surface area (Å²) < 4.78 is 31.5. The summed E-state index contributed by atoms with van der Waals surface area (Å²) in [4.78, 5) is 25.9. The number of fused-ring (bicyclic) bond motifs is 2. The van der Waals surface area contributed by atoms with Crippen molar-refractivity contribution in [1.29, 1.82) is 0 Å². The Balaban J connectivity index is 1.35. The van der Waals surface area contributed by atoms with Crippen molar-refractivity contribution in [2.24, 2.45) is 23.0 Å². The Kier molecular flexibility index (Phi) is 6.01. The highest BCUT2D eigenvalue weighted by molar-refractivity contribution is 5.92. The van der Waals surface area contributed by atoms with E-state index in [2.05, 4.69) is 20.8 Å². The summed E-state index contributed by atoms with van der Waals surface area (Å²) in [5.41, 5.74) is 6.09. The lowest BCUT2D eigenvalue weighted by Crippen LogP contribution is -2.77. The standard InChI is InChI=1S/C30H39NO8/c1-16(2)29(35-5)13-23-30(39-23)27(3)11-10-19-20(14-36-24(19)33)21(27)15-37-28(30,4)26(29)38-25(34)22(31)12-17-6-8-18(32)9-7-17/h6-9,16,21-23,26,32H,10-15,31H2,1-5H3. The number of cyclic esters (lactones) is 1. The third-order valence-corrected chi connectivity index (χ3v) is 10.7. The van der Waals surface area contributed by atoms with E-state index in [-0.39, 0.29) is 41.5 Å². The molecule has 0 amide bonds. The molecule has 3 heterocycles. The molecule has 0 radical (unpaired) electrons. The maximum Gasteiger partial charge on any atom is 0.334 e. The van der Waals surface area contributed by atoms with Crippen LogP contribution in [0.15, 0.2) is 35.4 Å². The monoisotopic (exact) mass is 541 g/mol. The molecule has 3 fully saturated rings. The SMILES string of the molecule is COC1(C(C)C)CC2OC23C2(C)CCC4=C(COC4=O)C2COC3(C)C1OC(=O)C(N)Cc1ccc(O)cc1. The van der Waals surface area contributed by atoms with E-state index in [1.54, 1.807) is 31.4 Å². The number of esters is 2. The summed E-state index contributed by atoms with van der Waals surface area (Å²) in [6, 6.07) is 5.71. The molecule has 1 spiro atoms. The van der Waals surface area contributed by atoms with E-state index >= 15 is 0 Å². The van der Waals surface area contributed by atoms with Gasteiger partial charge in [0.05, 0.1) is 12.7 Å². The highest BCUT2D eigenvalue weighted by Crippen LogP contribution is 2.73. The minimum atomic E-state index is -1.00. The number of carbonyl (C=O) groups is 2. The van der Waals surface area contributed by atoms with E-state index < -0.39 is 34.9 Å². The van der Waals surface area contributed by atoms with Gasteiger partial charge in [-0.3, -0.25) is 4.79 Å². The van der Waals surface area contributed by atoms with Crippen molar-refractivity contribution in [3.05, 3.63) is 41.0 Å². The number of aromatic hydroxyl groups is 1. The molecule has 8 atom stereocenters. The van der Waals surface area contributed by atoms with Gasteiger partial charge in [-0.25, -0.2) is 4.79 Å². The number of ether oxygens (including phenoxy) is 5. The molecule has 1 saturated carbocycles. The zero-order valence-corrected chi connectivity index (χ0v) is 23.3. The average Bonchev–Trinajstić information content (AvgIpc) is 3.54. The van der Waals surface area contributed by atoms with Gasteiger partial charge in [0.25, 0.3) is 0 Å². The summed E-state index contributed by atoms with van der Waals surface area (Å²) in [7, 11) is 1.66. The van der Waals surface area contributed by atoms with Gasteiger partial charge in [0.2, 0.25) is 0 Å². The highest BCUT2D eigenvalue weighted by Gasteiger charge is 2.87. The molecule has 39 heavy (non-hydrogen) atoms. The lowest BCUT2D eigenvalue weighted by atomic mass is 9.48. The van der Waals surface area contributed by atoms with Gasteiger partial charge < -0.3 is 34.5 Å². The maximum atomic E-state index is 13.6. The van der Waals surface area contributed by atoms with E-state index in [4.69, 9.17) is 29.4 Å². The molecule has 1 aromatic rings. The van der Waals surface area contributed by atoms with Gasteiger partial charge in [-0.1, -0.05) is 32.9 Å². The number of phenols is 1. The van der Waals surface area contributed by atoms with Gasteiger partial charge >= 0.3 is 11.9 Å². The van der Waals surface area contributed by atoms with Crippen LogP contribution in [0.4, 0.5) is 0 Å². The zero-order chi connectivity index (χ0) is 28.0. The van der Waals surface area contributed by atoms with Crippen molar-refractivity contribution >= 4 is 11.9 Å². The molecule has 2 saturated heterocycles. The second kappa shape index (κ2) is 8.77. The minimum Gasteiger partial charge on any atom is -0.508 e. The molecule has 3 N–H and O–H groups in total. The van der Waals surface area contributed by atoms with Crippen LogP contribution in [0.5, 0.6) is 5.75 Å². The fourth-order valence-electron chi connectivity index (χ4n) is 8.42. The Morgan fingerprint density at radius 2 is 1.95 bits per heavy atom. The molecular formula is C30H39NO8. The highest BCUT2D eigenvalue weighted by atomic mass is 16.7. The van der Waals surface area contributed by atoms with Gasteiger partial charge in [0.15, 0.2) is 6.10 Å². The number of epoxide rings is 1. The van der Waals surface area contributed by atoms with Crippen molar-refractivity contribution in [2.45, 2.75) is 88.4 Å². The Labute approximate surface area is 228 Å². The average molecular weight is 542 g/mol. The topological polar surface area (TPSA) is 130 Å². The van der Waals surface area contributed by atoms with Crippen molar-refractivity contribution in [2.75, 3.05) is 20.3 Å². The largest absolute Gasteiger partial charge is 0.508 e. The Morgan fingerprint density at radius 1 is 1.23 bits per heavy atom. The number of carbonyl (C=O) groups excluding carboxylic acids is 2. The zero-order valence-electron chi connectivity index (χ0n) is 23.3. The quantitative estimate of drug-likeness (QED) is 0.412. The molecular weight excluding hydrogens is 502 g/mol. The van der Waals surface area contributed by atoms with Gasteiger partial charge in [-0.05, 0) is 55.4 Å². The minimum absolute atomic E-state index is 0.0108. The lowest BCUT2D eigenvalue weighted by Gasteiger charge is -2.63. The number of nitrogens with two attached hydrogens (primary N) is 1. The summed E-state index contributed by atoms with van der Waals surface area (Å²) >= 11 is 0. The van der Waals surface area contributed by atoms with E-state index in [0.717, 1.165) is 23.1 Å². The fraction of sp³-hybridized carbons (Fsp3) is 0.667. The third-order valence-electron chi connectivity index (χ3n) is 10.7. The summed E-state index contributed by atoms with van der Waals surface area (Å²) in [6.45, 7) is 9.01. The molecule has 9 heteroatoms. The van der Waals surface area contributed by atoms with Crippen LogP contribution in [0.25, 0.3) is 0 Å².